The third-order valence-electron chi connectivity index (χ3n) is 5.37. The first-order valence-corrected chi connectivity index (χ1v) is 10.1. The Morgan fingerprint density at radius 1 is 1.14 bits per heavy atom. The van der Waals surface area contributed by atoms with Gasteiger partial charge in [0.2, 0.25) is 0 Å². The number of hydrogen-bond acceptors (Lipinski definition) is 4. The quantitative estimate of drug-likeness (QED) is 0.647. The smallest absolute Gasteiger partial charge is 0.260 e. The van der Waals surface area contributed by atoms with E-state index in [-0.39, 0.29) is 18.4 Å². The summed E-state index contributed by atoms with van der Waals surface area (Å²) in [5, 5.41) is 0. The van der Waals surface area contributed by atoms with Gasteiger partial charge in [-0.1, -0.05) is 17.7 Å². The van der Waals surface area contributed by atoms with Gasteiger partial charge in [-0.25, -0.2) is 4.98 Å². The Morgan fingerprint density at radius 2 is 1.93 bits per heavy atom. The molecule has 1 saturated heterocycles. The van der Waals surface area contributed by atoms with Crippen LogP contribution in [-0.2, 0) is 11.3 Å². The topological polar surface area (TPSA) is 60.2 Å². The van der Waals surface area contributed by atoms with Gasteiger partial charge in [0.1, 0.15) is 11.6 Å². The molecule has 0 N–H and O–H groups in total. The van der Waals surface area contributed by atoms with Crippen molar-refractivity contribution in [3.05, 3.63) is 78.1 Å². The Labute approximate surface area is 171 Å². The molecule has 1 atom stereocenters. The van der Waals surface area contributed by atoms with Crippen molar-refractivity contribution in [1.29, 1.82) is 0 Å². The van der Waals surface area contributed by atoms with Crippen LogP contribution in [0.2, 0.25) is 0 Å². The molecule has 1 aliphatic rings. The van der Waals surface area contributed by atoms with Crippen molar-refractivity contribution in [2.24, 2.45) is 0 Å². The summed E-state index contributed by atoms with van der Waals surface area (Å²) in [7, 11) is 0. The van der Waals surface area contributed by atoms with Crippen LogP contribution >= 0.6 is 0 Å². The maximum atomic E-state index is 12.7. The van der Waals surface area contributed by atoms with Crippen molar-refractivity contribution in [3.8, 4) is 5.75 Å². The number of benzene rings is 1. The van der Waals surface area contributed by atoms with E-state index >= 15 is 0 Å². The van der Waals surface area contributed by atoms with E-state index in [1.54, 1.807) is 12.4 Å². The van der Waals surface area contributed by atoms with Crippen molar-refractivity contribution in [2.75, 3.05) is 19.7 Å². The lowest BCUT2D eigenvalue weighted by Crippen LogP contribution is -2.42. The molecule has 1 aliphatic heterocycles. The molecule has 4 rings (SSSR count). The van der Waals surface area contributed by atoms with Crippen molar-refractivity contribution in [3.63, 3.8) is 0 Å². The first kappa shape index (κ1) is 19.2. The Hall–Kier alpha value is -3.15. The van der Waals surface area contributed by atoms with Crippen molar-refractivity contribution in [2.45, 2.75) is 32.2 Å². The van der Waals surface area contributed by atoms with Crippen LogP contribution in [0.1, 0.15) is 35.7 Å². The molecule has 1 fully saturated rings. The van der Waals surface area contributed by atoms with Gasteiger partial charge in [0.05, 0.1) is 0 Å². The highest BCUT2D eigenvalue weighted by molar-refractivity contribution is 5.78. The highest BCUT2D eigenvalue weighted by Crippen LogP contribution is 2.26. The number of amides is 1. The van der Waals surface area contributed by atoms with E-state index in [0.717, 1.165) is 37.5 Å². The third-order valence-corrected chi connectivity index (χ3v) is 5.37. The zero-order valence-corrected chi connectivity index (χ0v) is 16.7. The minimum absolute atomic E-state index is 0.0301. The first-order valence-electron chi connectivity index (χ1n) is 10.1. The highest BCUT2D eigenvalue weighted by Gasteiger charge is 2.27. The molecule has 150 valence electrons. The van der Waals surface area contributed by atoms with E-state index in [1.807, 2.05) is 60.6 Å². The van der Waals surface area contributed by atoms with Crippen molar-refractivity contribution < 1.29 is 9.53 Å². The van der Waals surface area contributed by atoms with Crippen LogP contribution in [0.15, 0.2) is 61.2 Å². The molecule has 1 aromatic carbocycles. The number of aromatic nitrogens is 3. The predicted octanol–water partition coefficient (Wildman–Crippen LogP) is 3.42. The lowest BCUT2D eigenvalue weighted by Gasteiger charge is -2.32. The van der Waals surface area contributed by atoms with E-state index in [0.29, 0.717) is 6.54 Å². The third kappa shape index (κ3) is 4.83. The number of carbonyl (C=O) groups excluding carboxylic acids is 1. The molecule has 0 aliphatic carbocycles. The standard InChI is InChI=1S/C23H26N4O2/c1-18-4-6-21(7-5-18)29-17-22(28)26-13-2-3-20(16-26)23-25-12-14-27(23)15-19-8-10-24-11-9-19/h4-12,14,20H,2-3,13,15-17H2,1H3/t20-/m0/s1. The fourth-order valence-corrected chi connectivity index (χ4v) is 3.78. The van der Waals surface area contributed by atoms with Crippen LogP contribution < -0.4 is 4.74 Å². The summed E-state index contributed by atoms with van der Waals surface area (Å²) in [5.74, 6) is 2.04. The lowest BCUT2D eigenvalue weighted by atomic mass is 9.97. The Morgan fingerprint density at radius 3 is 2.72 bits per heavy atom. The average molecular weight is 390 g/mol. The van der Waals surface area contributed by atoms with E-state index in [2.05, 4.69) is 14.5 Å². The summed E-state index contributed by atoms with van der Waals surface area (Å²) >= 11 is 0. The maximum Gasteiger partial charge on any atom is 0.260 e. The molecule has 0 spiro atoms. The number of nitrogens with zero attached hydrogens (tertiary/aromatic N) is 4. The monoisotopic (exact) mass is 390 g/mol. The molecule has 0 saturated carbocycles. The van der Waals surface area contributed by atoms with Crippen molar-refractivity contribution >= 4 is 5.91 Å². The Balaban J connectivity index is 1.38. The molecular formula is C23H26N4O2. The maximum absolute atomic E-state index is 12.7. The summed E-state index contributed by atoms with van der Waals surface area (Å²) in [6.45, 7) is 4.32. The molecule has 1 amide bonds. The van der Waals surface area contributed by atoms with Gasteiger partial charge < -0.3 is 14.2 Å². The summed E-state index contributed by atoms with van der Waals surface area (Å²) in [6, 6.07) is 11.8. The van der Waals surface area contributed by atoms with Gasteiger partial charge in [-0.05, 0) is 49.6 Å². The summed E-state index contributed by atoms with van der Waals surface area (Å²) in [5.41, 5.74) is 2.36. The number of pyridine rings is 1. The van der Waals surface area contributed by atoms with Gasteiger partial charge in [0.25, 0.3) is 5.91 Å². The predicted molar refractivity (Wildman–Crippen MR) is 111 cm³/mol. The van der Waals surface area contributed by atoms with E-state index in [9.17, 15) is 4.79 Å². The van der Waals surface area contributed by atoms with Crippen LogP contribution in [0.3, 0.4) is 0 Å². The molecular weight excluding hydrogens is 364 g/mol. The second kappa shape index (κ2) is 8.90. The Bertz CT molecular complexity index is 937. The number of ether oxygens (including phenoxy) is 1. The van der Waals surface area contributed by atoms with Gasteiger partial charge in [-0.15, -0.1) is 0 Å². The largest absolute Gasteiger partial charge is 0.484 e. The SMILES string of the molecule is Cc1ccc(OCC(=O)N2CCC[C@H](c3nccn3Cc3ccncc3)C2)cc1. The first-order chi connectivity index (χ1) is 14.2. The summed E-state index contributed by atoms with van der Waals surface area (Å²) < 4.78 is 7.86. The number of piperidine rings is 1. The van der Waals surface area contributed by atoms with Crippen LogP contribution in [0, 0.1) is 6.92 Å². The Kier molecular flexibility index (Phi) is 5.89. The lowest BCUT2D eigenvalue weighted by molar-refractivity contribution is -0.134. The summed E-state index contributed by atoms with van der Waals surface area (Å²) in [6.07, 6.45) is 9.48. The van der Waals surface area contributed by atoms with E-state index in [4.69, 9.17) is 4.74 Å². The van der Waals surface area contributed by atoms with Gasteiger partial charge >= 0.3 is 0 Å². The average Bonchev–Trinajstić information content (AvgIpc) is 3.22. The zero-order chi connectivity index (χ0) is 20.1. The van der Waals surface area contributed by atoms with Crippen LogP contribution in [-0.4, -0.2) is 45.0 Å². The fourth-order valence-electron chi connectivity index (χ4n) is 3.78. The number of likely N-dealkylation sites (tertiary alicyclic amines) is 1. The highest BCUT2D eigenvalue weighted by atomic mass is 16.5. The molecule has 3 heterocycles. The normalized spacial score (nSPS) is 16.6. The van der Waals surface area contributed by atoms with Crippen LogP contribution in [0.4, 0.5) is 0 Å². The molecule has 0 radical (unpaired) electrons. The van der Waals surface area contributed by atoms with Gasteiger partial charge in [-0.2, -0.15) is 0 Å². The number of carbonyl (C=O) groups is 1. The minimum Gasteiger partial charge on any atom is -0.484 e. The molecule has 0 bridgehead atoms. The molecule has 29 heavy (non-hydrogen) atoms. The number of hydrogen-bond donors (Lipinski definition) is 0. The fraction of sp³-hybridized carbons (Fsp3) is 0.348. The van der Waals surface area contributed by atoms with Crippen LogP contribution in [0.25, 0.3) is 0 Å². The van der Waals surface area contributed by atoms with Crippen molar-refractivity contribution in [1.82, 2.24) is 19.4 Å². The number of aryl methyl sites for hydroxylation is 1. The second-order valence-electron chi connectivity index (χ2n) is 7.55. The van der Waals surface area contributed by atoms with Gasteiger partial charge in [0.15, 0.2) is 6.61 Å². The van der Waals surface area contributed by atoms with Gasteiger partial charge in [-0.3, -0.25) is 9.78 Å². The zero-order valence-electron chi connectivity index (χ0n) is 16.7. The molecule has 3 aromatic rings. The number of rotatable bonds is 6. The van der Waals surface area contributed by atoms with E-state index in [1.165, 1.54) is 11.1 Å². The van der Waals surface area contributed by atoms with E-state index < -0.39 is 0 Å². The second-order valence-corrected chi connectivity index (χ2v) is 7.55. The van der Waals surface area contributed by atoms with Crippen LogP contribution in [0.5, 0.6) is 5.75 Å². The molecule has 6 nitrogen and oxygen atoms in total. The molecule has 6 heteroatoms. The molecule has 0 unspecified atom stereocenters. The summed E-state index contributed by atoms with van der Waals surface area (Å²) in [4.78, 5) is 23.3. The molecule has 2 aromatic heterocycles. The van der Waals surface area contributed by atoms with Gasteiger partial charge in [0, 0.05) is 50.3 Å². The minimum atomic E-state index is 0.0301. The number of imidazole rings is 1.